The molecule has 0 aliphatic heterocycles. The van der Waals surface area contributed by atoms with Crippen molar-refractivity contribution in [3.8, 4) is 5.75 Å². The van der Waals surface area contributed by atoms with Gasteiger partial charge in [0.2, 0.25) is 0 Å². The van der Waals surface area contributed by atoms with Gasteiger partial charge in [-0.1, -0.05) is 38.1 Å². The van der Waals surface area contributed by atoms with Gasteiger partial charge < -0.3 is 14.6 Å². The van der Waals surface area contributed by atoms with Crippen molar-refractivity contribution in [3.05, 3.63) is 35.7 Å². The Morgan fingerprint density at radius 2 is 1.90 bits per heavy atom. The van der Waals surface area contributed by atoms with Gasteiger partial charge in [0, 0.05) is 12.5 Å². The third-order valence-corrected chi connectivity index (χ3v) is 3.50. The number of hydrogen-bond donors (Lipinski definition) is 1. The average molecular weight is 289 g/mol. The van der Waals surface area contributed by atoms with Crippen LogP contribution >= 0.6 is 0 Å². The zero-order chi connectivity index (χ0) is 15.2. The van der Waals surface area contributed by atoms with Crippen LogP contribution < -0.4 is 10.1 Å². The topological polar surface area (TPSA) is 60.2 Å². The first kappa shape index (κ1) is 15.4. The van der Waals surface area contributed by atoms with Crippen molar-refractivity contribution >= 4 is 6.01 Å². The second-order valence-electron chi connectivity index (χ2n) is 5.50. The Morgan fingerprint density at radius 1 is 1.19 bits per heavy atom. The number of ether oxygens (including phenoxy) is 1. The Hall–Kier alpha value is -2.04. The molecule has 0 fully saturated rings. The third-order valence-electron chi connectivity index (χ3n) is 3.50. The van der Waals surface area contributed by atoms with Gasteiger partial charge in [0.15, 0.2) is 5.82 Å². The van der Waals surface area contributed by atoms with E-state index in [1.807, 2.05) is 26.0 Å². The molecule has 1 N–H and O–H groups in total. The molecule has 0 aliphatic carbocycles. The summed E-state index contributed by atoms with van der Waals surface area (Å²) in [5.41, 5.74) is 1.30. The lowest BCUT2D eigenvalue weighted by Crippen LogP contribution is -2.06. The third kappa shape index (κ3) is 4.21. The van der Waals surface area contributed by atoms with Crippen molar-refractivity contribution in [1.82, 2.24) is 10.1 Å². The Morgan fingerprint density at radius 3 is 2.48 bits per heavy atom. The van der Waals surface area contributed by atoms with E-state index >= 15 is 0 Å². The Kier molecular flexibility index (Phi) is 5.20. The number of nitrogens with zero attached hydrogens (tertiary/aromatic N) is 2. The summed E-state index contributed by atoms with van der Waals surface area (Å²) in [5, 5.41) is 7.11. The number of nitrogens with one attached hydrogen (secondary N) is 1. The van der Waals surface area contributed by atoms with Crippen LogP contribution in [0, 0.1) is 0 Å². The smallest absolute Gasteiger partial charge is 0.321 e. The highest BCUT2D eigenvalue weighted by atomic mass is 16.5. The molecule has 1 aromatic heterocycles. The van der Waals surface area contributed by atoms with E-state index in [0.29, 0.717) is 11.9 Å². The highest BCUT2D eigenvalue weighted by Crippen LogP contribution is 2.22. The standard InChI is InChI=1S/C16H23N3O2/c1-11(2)15-18-16(21-19-15)17-10-9-12(3)13-5-7-14(20-4)8-6-13/h5-8,11-12H,9-10H2,1-4H3,(H,17,18,19). The van der Waals surface area contributed by atoms with Crippen molar-refractivity contribution in [3.63, 3.8) is 0 Å². The van der Waals surface area contributed by atoms with Gasteiger partial charge in [-0.25, -0.2) is 0 Å². The second-order valence-corrected chi connectivity index (χ2v) is 5.50. The molecule has 1 unspecified atom stereocenters. The van der Waals surface area contributed by atoms with E-state index in [4.69, 9.17) is 9.26 Å². The largest absolute Gasteiger partial charge is 0.497 e. The highest BCUT2D eigenvalue weighted by molar-refractivity contribution is 5.29. The van der Waals surface area contributed by atoms with Crippen LogP contribution in [0.2, 0.25) is 0 Å². The lowest BCUT2D eigenvalue weighted by molar-refractivity contribution is 0.414. The first-order valence-electron chi connectivity index (χ1n) is 7.31. The normalized spacial score (nSPS) is 12.4. The van der Waals surface area contributed by atoms with Crippen LogP contribution in [-0.4, -0.2) is 23.8 Å². The molecular weight excluding hydrogens is 266 g/mol. The molecule has 0 bridgehead atoms. The minimum atomic E-state index is 0.280. The quantitative estimate of drug-likeness (QED) is 0.840. The number of hydrogen-bond acceptors (Lipinski definition) is 5. The van der Waals surface area contributed by atoms with Crippen LogP contribution in [0.3, 0.4) is 0 Å². The van der Waals surface area contributed by atoms with Crippen molar-refractivity contribution in [2.24, 2.45) is 0 Å². The molecule has 21 heavy (non-hydrogen) atoms. The zero-order valence-corrected chi connectivity index (χ0v) is 13.1. The number of aromatic nitrogens is 2. The summed E-state index contributed by atoms with van der Waals surface area (Å²) in [7, 11) is 1.68. The van der Waals surface area contributed by atoms with Gasteiger partial charge in [0.05, 0.1) is 7.11 Å². The number of benzene rings is 1. The van der Waals surface area contributed by atoms with Crippen LogP contribution in [0.1, 0.15) is 50.4 Å². The fraction of sp³-hybridized carbons (Fsp3) is 0.500. The lowest BCUT2D eigenvalue weighted by atomic mass is 9.98. The molecule has 5 heteroatoms. The summed E-state index contributed by atoms with van der Waals surface area (Å²) in [6, 6.07) is 8.69. The second kappa shape index (κ2) is 7.11. The van der Waals surface area contributed by atoms with E-state index < -0.39 is 0 Å². The van der Waals surface area contributed by atoms with Crippen molar-refractivity contribution in [1.29, 1.82) is 0 Å². The van der Waals surface area contributed by atoms with E-state index in [9.17, 15) is 0 Å². The van der Waals surface area contributed by atoms with Gasteiger partial charge >= 0.3 is 6.01 Å². The number of anilines is 1. The van der Waals surface area contributed by atoms with E-state index in [0.717, 1.165) is 24.5 Å². The van der Waals surface area contributed by atoms with E-state index in [2.05, 4.69) is 34.5 Å². The van der Waals surface area contributed by atoms with Crippen LogP contribution in [0.5, 0.6) is 5.75 Å². The minimum absolute atomic E-state index is 0.280. The van der Waals surface area contributed by atoms with Crippen LogP contribution in [0.25, 0.3) is 0 Å². The fourth-order valence-corrected chi connectivity index (χ4v) is 2.04. The number of rotatable bonds is 7. The zero-order valence-electron chi connectivity index (χ0n) is 13.1. The van der Waals surface area contributed by atoms with Crippen molar-refractivity contribution in [2.75, 3.05) is 19.0 Å². The van der Waals surface area contributed by atoms with E-state index in [1.165, 1.54) is 5.56 Å². The molecule has 2 aromatic rings. The predicted octanol–water partition coefficient (Wildman–Crippen LogP) is 3.81. The highest BCUT2D eigenvalue weighted by Gasteiger charge is 2.10. The molecule has 0 saturated carbocycles. The van der Waals surface area contributed by atoms with E-state index in [1.54, 1.807) is 7.11 Å². The van der Waals surface area contributed by atoms with Crippen molar-refractivity contribution < 1.29 is 9.26 Å². The predicted molar refractivity (Wildman–Crippen MR) is 82.9 cm³/mol. The maximum atomic E-state index is 5.17. The Bertz CT molecular complexity index is 549. The first-order chi connectivity index (χ1) is 10.1. The van der Waals surface area contributed by atoms with Gasteiger partial charge in [-0.2, -0.15) is 4.98 Å². The molecule has 0 radical (unpaired) electrons. The molecule has 0 saturated heterocycles. The average Bonchev–Trinajstić information content (AvgIpc) is 2.96. The molecular formula is C16H23N3O2. The molecule has 1 atom stereocenters. The van der Waals surface area contributed by atoms with Crippen molar-refractivity contribution in [2.45, 2.75) is 39.0 Å². The summed E-state index contributed by atoms with van der Waals surface area (Å²) in [4.78, 5) is 4.30. The van der Waals surface area contributed by atoms with Gasteiger partial charge in [0.25, 0.3) is 0 Å². The first-order valence-corrected chi connectivity index (χ1v) is 7.31. The molecule has 1 heterocycles. The molecule has 0 spiro atoms. The van der Waals surface area contributed by atoms with Crippen LogP contribution in [0.15, 0.2) is 28.8 Å². The summed E-state index contributed by atoms with van der Waals surface area (Å²) in [6.07, 6.45) is 0.992. The monoisotopic (exact) mass is 289 g/mol. The molecule has 5 nitrogen and oxygen atoms in total. The van der Waals surface area contributed by atoms with E-state index in [-0.39, 0.29) is 5.92 Å². The van der Waals surface area contributed by atoms with Gasteiger partial charge in [-0.05, 0) is 30.0 Å². The molecule has 114 valence electrons. The Balaban J connectivity index is 1.81. The molecule has 2 rings (SSSR count). The summed E-state index contributed by atoms with van der Waals surface area (Å²) in [5.74, 6) is 2.36. The van der Waals surface area contributed by atoms with Gasteiger partial charge in [0.1, 0.15) is 5.75 Å². The Labute approximate surface area is 125 Å². The fourth-order valence-electron chi connectivity index (χ4n) is 2.04. The van der Waals surface area contributed by atoms with Gasteiger partial charge in [-0.15, -0.1) is 0 Å². The molecule has 1 aromatic carbocycles. The SMILES string of the molecule is COc1ccc(C(C)CCNc2nc(C(C)C)no2)cc1. The molecule has 0 aliphatic rings. The summed E-state index contributed by atoms with van der Waals surface area (Å²) < 4.78 is 10.3. The minimum Gasteiger partial charge on any atom is -0.497 e. The summed E-state index contributed by atoms with van der Waals surface area (Å²) in [6.45, 7) is 7.09. The number of methoxy groups -OCH3 is 1. The summed E-state index contributed by atoms with van der Waals surface area (Å²) >= 11 is 0. The maximum Gasteiger partial charge on any atom is 0.321 e. The van der Waals surface area contributed by atoms with Crippen LogP contribution in [-0.2, 0) is 0 Å². The lowest BCUT2D eigenvalue weighted by Gasteiger charge is -2.12. The van der Waals surface area contributed by atoms with Crippen LogP contribution in [0.4, 0.5) is 6.01 Å². The maximum absolute atomic E-state index is 5.17. The van der Waals surface area contributed by atoms with Gasteiger partial charge in [-0.3, -0.25) is 0 Å². The molecule has 0 amide bonds.